The van der Waals surface area contributed by atoms with Crippen molar-refractivity contribution < 1.29 is 0 Å². The van der Waals surface area contributed by atoms with Gasteiger partial charge in [-0.3, -0.25) is 0 Å². The molecule has 3 aromatic rings. The van der Waals surface area contributed by atoms with Crippen LogP contribution in [0.2, 0.25) is 10.0 Å². The monoisotopic (exact) mass is 434 g/mol. The van der Waals surface area contributed by atoms with Crippen LogP contribution in [0.25, 0.3) is 9.39 Å². The minimum absolute atomic E-state index is 0.727. The van der Waals surface area contributed by atoms with Crippen LogP contribution in [0.4, 0.5) is 0 Å². The van der Waals surface area contributed by atoms with E-state index in [0.29, 0.717) is 0 Å². The number of hydrogen-bond acceptors (Lipinski definition) is 1. The second-order valence-corrected chi connectivity index (χ2v) is 7.82. The van der Waals surface area contributed by atoms with Crippen LogP contribution in [0.15, 0.2) is 83.8 Å². The van der Waals surface area contributed by atoms with Crippen LogP contribution in [0.1, 0.15) is 11.1 Å². The zero-order valence-corrected chi connectivity index (χ0v) is 16.5. The van der Waals surface area contributed by atoms with E-state index in [4.69, 9.17) is 23.2 Å². The fourth-order valence-electron chi connectivity index (χ4n) is 2.17. The average Bonchev–Trinajstić information content (AvgIpc) is 2.62. The number of halogens is 3. The summed E-state index contributed by atoms with van der Waals surface area (Å²) in [5, 5.41) is 1.46. The van der Waals surface area contributed by atoms with Crippen molar-refractivity contribution in [1.29, 1.82) is 0 Å². The summed E-state index contributed by atoms with van der Waals surface area (Å²) in [5.41, 5.74) is 2.24. The standard InChI is InChI=1S/C20H13BrCl2S/c21-19(14-6-8-16(22)9-7-14)20(15-4-2-1-3-5-15)24-18-12-10-17(23)11-13-18/h1-13H/b20-19-. The number of rotatable bonds is 4. The van der Waals surface area contributed by atoms with Crippen molar-refractivity contribution in [3.05, 3.63) is 100 Å². The van der Waals surface area contributed by atoms with Crippen LogP contribution in [0.3, 0.4) is 0 Å². The molecule has 0 saturated heterocycles. The normalized spacial score (nSPS) is 12.0. The molecule has 0 aromatic heterocycles. The molecule has 0 aliphatic heterocycles. The molecular formula is C20H13BrCl2S. The largest absolute Gasteiger partial charge is 0.0883 e. The third-order valence-corrected chi connectivity index (χ3v) is 6.14. The van der Waals surface area contributed by atoms with Crippen LogP contribution >= 0.6 is 50.9 Å². The van der Waals surface area contributed by atoms with Gasteiger partial charge in [0.15, 0.2) is 0 Å². The molecule has 3 aromatic carbocycles. The molecule has 3 rings (SSSR count). The van der Waals surface area contributed by atoms with Gasteiger partial charge in [-0.05, 0) is 63.5 Å². The summed E-state index contributed by atoms with van der Waals surface area (Å²) >= 11 is 17.5. The Balaban J connectivity index is 2.06. The van der Waals surface area contributed by atoms with E-state index in [2.05, 4.69) is 28.1 Å². The predicted octanol–water partition coefficient (Wildman–Crippen LogP) is 8.01. The first kappa shape index (κ1) is 17.6. The summed E-state index contributed by atoms with van der Waals surface area (Å²) in [7, 11) is 0. The van der Waals surface area contributed by atoms with E-state index in [9.17, 15) is 0 Å². The molecule has 0 nitrogen and oxygen atoms in total. The molecule has 0 heterocycles. The van der Waals surface area contributed by atoms with Crippen molar-refractivity contribution in [3.8, 4) is 0 Å². The molecule has 24 heavy (non-hydrogen) atoms. The van der Waals surface area contributed by atoms with Crippen LogP contribution in [0.5, 0.6) is 0 Å². The smallest absolute Gasteiger partial charge is 0.0406 e. The second kappa shape index (κ2) is 8.26. The molecule has 0 N–H and O–H groups in total. The van der Waals surface area contributed by atoms with Gasteiger partial charge in [-0.1, -0.05) is 77.4 Å². The highest BCUT2D eigenvalue weighted by Gasteiger charge is 2.11. The molecule has 0 amide bonds. The van der Waals surface area contributed by atoms with Crippen LogP contribution < -0.4 is 0 Å². The molecule has 0 bridgehead atoms. The molecule has 0 saturated carbocycles. The highest BCUT2D eigenvalue weighted by molar-refractivity contribution is 9.15. The molecule has 0 radical (unpaired) electrons. The van der Waals surface area contributed by atoms with Crippen molar-refractivity contribution in [3.63, 3.8) is 0 Å². The van der Waals surface area contributed by atoms with Gasteiger partial charge in [0.25, 0.3) is 0 Å². The van der Waals surface area contributed by atoms with E-state index in [-0.39, 0.29) is 0 Å². The van der Waals surface area contributed by atoms with Gasteiger partial charge in [0.1, 0.15) is 0 Å². The fourth-order valence-corrected chi connectivity index (χ4v) is 4.13. The Bertz CT molecular complexity index is 841. The quantitative estimate of drug-likeness (QED) is 0.295. The Kier molecular flexibility index (Phi) is 6.07. The Morgan fingerprint density at radius 2 is 1.21 bits per heavy atom. The molecule has 0 aliphatic carbocycles. The van der Waals surface area contributed by atoms with Gasteiger partial charge in [-0.2, -0.15) is 0 Å². The van der Waals surface area contributed by atoms with Gasteiger partial charge in [0.2, 0.25) is 0 Å². The minimum Gasteiger partial charge on any atom is -0.0883 e. The van der Waals surface area contributed by atoms with E-state index < -0.39 is 0 Å². The fraction of sp³-hybridized carbons (Fsp3) is 0. The summed E-state index contributed by atoms with van der Waals surface area (Å²) in [6.07, 6.45) is 0. The Labute approximate surface area is 164 Å². The van der Waals surface area contributed by atoms with Gasteiger partial charge >= 0.3 is 0 Å². The van der Waals surface area contributed by atoms with Gasteiger partial charge in [0.05, 0.1) is 0 Å². The lowest BCUT2D eigenvalue weighted by Crippen LogP contribution is -1.85. The lowest BCUT2D eigenvalue weighted by Gasteiger charge is -2.12. The second-order valence-electron chi connectivity index (χ2n) is 5.07. The molecule has 120 valence electrons. The van der Waals surface area contributed by atoms with Crippen molar-refractivity contribution in [1.82, 2.24) is 0 Å². The number of benzene rings is 3. The first-order chi connectivity index (χ1) is 11.6. The van der Waals surface area contributed by atoms with Gasteiger partial charge < -0.3 is 0 Å². The SMILES string of the molecule is Clc1ccc(S/C(=C(\Br)c2ccc(Cl)cc2)c2ccccc2)cc1. The highest BCUT2D eigenvalue weighted by Crippen LogP contribution is 2.42. The van der Waals surface area contributed by atoms with Crippen molar-refractivity contribution in [2.45, 2.75) is 4.90 Å². The zero-order chi connectivity index (χ0) is 16.9. The van der Waals surface area contributed by atoms with E-state index in [1.807, 2.05) is 66.7 Å². The third kappa shape index (κ3) is 4.46. The highest BCUT2D eigenvalue weighted by atomic mass is 79.9. The molecule has 0 unspecified atom stereocenters. The number of hydrogen-bond donors (Lipinski definition) is 0. The molecular weight excluding hydrogens is 423 g/mol. The Hall–Kier alpha value is -1.19. The topological polar surface area (TPSA) is 0 Å². The molecule has 4 heteroatoms. The maximum atomic E-state index is 6.01. The molecule has 0 atom stereocenters. The number of thioether (sulfide) groups is 1. The maximum Gasteiger partial charge on any atom is 0.0406 e. The van der Waals surface area contributed by atoms with Gasteiger partial charge in [-0.15, -0.1) is 0 Å². The van der Waals surface area contributed by atoms with E-state index in [1.54, 1.807) is 11.8 Å². The minimum atomic E-state index is 0.727. The molecule has 0 fully saturated rings. The Morgan fingerprint density at radius 1 is 0.667 bits per heavy atom. The van der Waals surface area contributed by atoms with Crippen LogP contribution in [-0.4, -0.2) is 0 Å². The summed E-state index contributed by atoms with van der Waals surface area (Å²) in [5.74, 6) is 0. The maximum absolute atomic E-state index is 6.01. The van der Waals surface area contributed by atoms with Crippen molar-refractivity contribution >= 4 is 60.3 Å². The van der Waals surface area contributed by atoms with E-state index in [0.717, 1.165) is 35.5 Å². The zero-order valence-electron chi connectivity index (χ0n) is 12.5. The van der Waals surface area contributed by atoms with Crippen molar-refractivity contribution in [2.75, 3.05) is 0 Å². The third-order valence-electron chi connectivity index (χ3n) is 3.37. The average molecular weight is 436 g/mol. The van der Waals surface area contributed by atoms with Gasteiger partial charge in [0, 0.05) is 24.3 Å². The summed E-state index contributed by atoms with van der Waals surface area (Å²) in [6.45, 7) is 0. The molecule has 0 aliphatic rings. The summed E-state index contributed by atoms with van der Waals surface area (Å²) < 4.78 is 1.03. The lowest BCUT2D eigenvalue weighted by atomic mass is 10.1. The predicted molar refractivity (Wildman–Crippen MR) is 111 cm³/mol. The lowest BCUT2D eigenvalue weighted by molar-refractivity contribution is 1.47. The molecule has 0 spiro atoms. The van der Waals surface area contributed by atoms with Crippen LogP contribution in [-0.2, 0) is 0 Å². The van der Waals surface area contributed by atoms with Gasteiger partial charge in [-0.25, -0.2) is 0 Å². The van der Waals surface area contributed by atoms with Crippen LogP contribution in [0, 0.1) is 0 Å². The first-order valence-corrected chi connectivity index (χ1v) is 9.64. The summed E-state index contributed by atoms with van der Waals surface area (Å²) in [4.78, 5) is 2.27. The first-order valence-electron chi connectivity index (χ1n) is 7.28. The Morgan fingerprint density at radius 3 is 1.79 bits per heavy atom. The van der Waals surface area contributed by atoms with E-state index >= 15 is 0 Å². The summed E-state index contributed by atoms with van der Waals surface area (Å²) in [6, 6.07) is 26.0. The van der Waals surface area contributed by atoms with Crippen molar-refractivity contribution in [2.24, 2.45) is 0 Å². The van der Waals surface area contributed by atoms with E-state index in [1.165, 1.54) is 0 Å².